The molecule has 2 aromatic rings. The second-order valence-electron chi connectivity index (χ2n) is 5.39. The van der Waals surface area contributed by atoms with Crippen molar-refractivity contribution in [3.05, 3.63) is 57.6 Å². The molecule has 3 nitrogen and oxygen atoms in total. The second-order valence-corrected chi connectivity index (χ2v) is 6.27. The Hall–Kier alpha value is -1.71. The van der Waals surface area contributed by atoms with Crippen molar-refractivity contribution in [2.75, 3.05) is 11.5 Å². The van der Waals surface area contributed by atoms with Crippen molar-refractivity contribution in [2.24, 2.45) is 0 Å². The Kier molecular flexibility index (Phi) is 4.99. The number of nitrogens with two attached hydrogens (primary N) is 2. The van der Waals surface area contributed by atoms with Crippen LogP contribution in [0.4, 0.5) is 11.4 Å². The lowest BCUT2D eigenvalue weighted by molar-refractivity contribution is -0.121. The molecule has 0 heterocycles. The first-order valence-corrected chi connectivity index (χ1v) is 7.70. The number of nitrogen functional groups attached to an aromatic ring is 2. The largest absolute Gasteiger partial charge is 0.398 e. The average molecular weight is 337 g/mol. The maximum atomic E-state index is 12.8. The summed E-state index contributed by atoms with van der Waals surface area (Å²) in [5.41, 5.74) is 14.5. The number of hydrogen-bond donors (Lipinski definition) is 2. The van der Waals surface area contributed by atoms with E-state index in [4.69, 9.17) is 34.7 Å². The van der Waals surface area contributed by atoms with Gasteiger partial charge >= 0.3 is 0 Å². The van der Waals surface area contributed by atoms with Gasteiger partial charge in [-0.25, -0.2) is 0 Å². The zero-order valence-electron chi connectivity index (χ0n) is 12.4. The van der Waals surface area contributed by atoms with Crippen LogP contribution in [0.2, 0.25) is 10.0 Å². The molecule has 2 rings (SSSR count). The summed E-state index contributed by atoms with van der Waals surface area (Å²) in [4.78, 5) is 12.8. The fourth-order valence-corrected chi connectivity index (χ4v) is 2.88. The van der Waals surface area contributed by atoms with Crippen molar-refractivity contribution in [3.8, 4) is 0 Å². The van der Waals surface area contributed by atoms with Gasteiger partial charge in [0.05, 0.1) is 0 Å². The third kappa shape index (κ3) is 3.37. The molecule has 2 aromatic carbocycles. The summed E-state index contributed by atoms with van der Waals surface area (Å²) in [6, 6.07) is 10.3. The Bertz CT molecular complexity index is 656. The highest BCUT2D eigenvalue weighted by molar-refractivity contribution is 6.31. The summed E-state index contributed by atoms with van der Waals surface area (Å²) >= 11 is 12.0. The van der Waals surface area contributed by atoms with E-state index in [1.165, 1.54) is 0 Å². The Morgan fingerprint density at radius 3 is 1.59 bits per heavy atom. The van der Waals surface area contributed by atoms with Crippen LogP contribution in [0.25, 0.3) is 0 Å². The van der Waals surface area contributed by atoms with Crippen LogP contribution >= 0.6 is 23.2 Å². The summed E-state index contributed by atoms with van der Waals surface area (Å²) in [6.45, 7) is 3.64. The molecule has 0 aliphatic heterocycles. The van der Waals surface area contributed by atoms with Crippen molar-refractivity contribution in [1.82, 2.24) is 0 Å². The van der Waals surface area contributed by atoms with Gasteiger partial charge in [0.2, 0.25) is 0 Å². The van der Waals surface area contributed by atoms with E-state index in [1.54, 1.807) is 36.4 Å². The smallest absolute Gasteiger partial charge is 0.147 e. The third-order valence-electron chi connectivity index (χ3n) is 3.88. The van der Waals surface area contributed by atoms with Crippen molar-refractivity contribution in [2.45, 2.75) is 25.7 Å². The highest BCUT2D eigenvalue weighted by Crippen LogP contribution is 2.33. The van der Waals surface area contributed by atoms with Crippen LogP contribution in [0.5, 0.6) is 0 Å². The minimum atomic E-state index is -0.382. The van der Waals surface area contributed by atoms with Gasteiger partial charge in [-0.15, -0.1) is 0 Å². The van der Waals surface area contributed by atoms with E-state index in [1.807, 2.05) is 13.8 Å². The third-order valence-corrected chi connectivity index (χ3v) is 4.35. The summed E-state index contributed by atoms with van der Waals surface area (Å²) in [5.74, 6) is -0.748. The maximum Gasteiger partial charge on any atom is 0.147 e. The summed E-state index contributed by atoms with van der Waals surface area (Å²) < 4.78 is 0. The number of ketones is 1. The Morgan fingerprint density at radius 2 is 1.23 bits per heavy atom. The van der Waals surface area contributed by atoms with E-state index in [2.05, 4.69) is 0 Å². The fourth-order valence-electron chi connectivity index (χ4n) is 2.52. The average Bonchev–Trinajstić information content (AvgIpc) is 2.50. The molecule has 2 unspecified atom stereocenters. The zero-order valence-corrected chi connectivity index (χ0v) is 13.9. The number of benzene rings is 2. The molecule has 0 spiro atoms. The number of carbonyl (C=O) groups is 1. The molecule has 0 amide bonds. The van der Waals surface area contributed by atoms with Crippen molar-refractivity contribution < 1.29 is 4.79 Å². The van der Waals surface area contributed by atoms with E-state index in [0.717, 1.165) is 11.1 Å². The van der Waals surface area contributed by atoms with Gasteiger partial charge in [-0.2, -0.15) is 0 Å². The fraction of sp³-hybridized carbons (Fsp3) is 0.235. The molecule has 2 atom stereocenters. The van der Waals surface area contributed by atoms with Crippen LogP contribution in [-0.4, -0.2) is 5.78 Å². The number of hydrogen-bond acceptors (Lipinski definition) is 3. The topological polar surface area (TPSA) is 69.1 Å². The number of carbonyl (C=O) groups excluding carboxylic acids is 1. The van der Waals surface area contributed by atoms with E-state index in [9.17, 15) is 4.79 Å². The van der Waals surface area contributed by atoms with Crippen molar-refractivity contribution in [3.63, 3.8) is 0 Å². The molecule has 22 heavy (non-hydrogen) atoms. The number of rotatable bonds is 4. The quantitative estimate of drug-likeness (QED) is 0.799. The molecular formula is C17H18Cl2N2O. The molecular weight excluding hydrogens is 319 g/mol. The number of halogens is 2. The first-order valence-electron chi connectivity index (χ1n) is 6.94. The van der Waals surface area contributed by atoms with Gasteiger partial charge in [-0.1, -0.05) is 37.0 Å². The van der Waals surface area contributed by atoms with Gasteiger partial charge in [0.1, 0.15) is 5.78 Å². The highest BCUT2D eigenvalue weighted by Gasteiger charge is 2.25. The summed E-state index contributed by atoms with van der Waals surface area (Å²) in [5, 5.41) is 1.11. The Morgan fingerprint density at radius 1 is 0.864 bits per heavy atom. The van der Waals surface area contributed by atoms with Gasteiger partial charge < -0.3 is 11.5 Å². The monoisotopic (exact) mass is 336 g/mol. The van der Waals surface area contributed by atoms with Crippen LogP contribution in [0, 0.1) is 0 Å². The van der Waals surface area contributed by atoms with Crippen LogP contribution < -0.4 is 11.5 Å². The Balaban J connectivity index is 2.34. The molecule has 4 N–H and O–H groups in total. The molecule has 0 aliphatic carbocycles. The first-order chi connectivity index (χ1) is 10.3. The highest BCUT2D eigenvalue weighted by atomic mass is 35.5. The van der Waals surface area contributed by atoms with E-state index >= 15 is 0 Å². The molecule has 5 heteroatoms. The van der Waals surface area contributed by atoms with E-state index in [0.29, 0.717) is 21.4 Å². The second kappa shape index (κ2) is 6.59. The lowest BCUT2D eigenvalue weighted by Gasteiger charge is -2.20. The molecule has 116 valence electrons. The van der Waals surface area contributed by atoms with Gasteiger partial charge in [0.25, 0.3) is 0 Å². The minimum absolute atomic E-state index is 0.0166. The van der Waals surface area contributed by atoms with Crippen LogP contribution in [0.3, 0.4) is 0 Å². The number of anilines is 2. The summed E-state index contributed by atoms with van der Waals surface area (Å²) in [6.07, 6.45) is 0. The molecule has 0 fully saturated rings. The normalized spacial score (nSPS) is 13.6. The molecule has 0 saturated heterocycles. The predicted molar refractivity (Wildman–Crippen MR) is 93.6 cm³/mol. The molecule has 0 aliphatic rings. The van der Waals surface area contributed by atoms with Gasteiger partial charge in [-0.3, -0.25) is 4.79 Å². The van der Waals surface area contributed by atoms with Crippen LogP contribution in [0.15, 0.2) is 36.4 Å². The van der Waals surface area contributed by atoms with Crippen molar-refractivity contribution >= 4 is 40.4 Å². The van der Waals surface area contributed by atoms with Crippen molar-refractivity contribution in [1.29, 1.82) is 0 Å². The number of Topliss-reactive ketones (excluding diaryl/α,β-unsaturated/α-hetero) is 1. The minimum Gasteiger partial charge on any atom is -0.398 e. The zero-order chi connectivity index (χ0) is 16.4. The predicted octanol–water partition coefficient (Wildman–Crippen LogP) is 4.63. The van der Waals surface area contributed by atoms with E-state index < -0.39 is 0 Å². The lowest BCUT2D eigenvalue weighted by atomic mass is 9.84. The SMILES string of the molecule is CC(C(=O)C(C)c1cc(Cl)ccc1N)c1cc(Cl)ccc1N. The Labute approximate surface area is 140 Å². The maximum absolute atomic E-state index is 12.8. The lowest BCUT2D eigenvalue weighted by Crippen LogP contribution is -2.18. The summed E-state index contributed by atoms with van der Waals surface area (Å²) in [7, 11) is 0. The van der Waals surface area contributed by atoms with Gasteiger partial charge in [0, 0.05) is 33.3 Å². The molecule has 0 radical (unpaired) electrons. The molecule has 0 saturated carbocycles. The molecule has 0 aromatic heterocycles. The van der Waals surface area contributed by atoms with Gasteiger partial charge in [0.15, 0.2) is 0 Å². The van der Waals surface area contributed by atoms with Crippen LogP contribution in [-0.2, 0) is 4.79 Å². The first kappa shape index (κ1) is 16.7. The molecule has 0 bridgehead atoms. The van der Waals surface area contributed by atoms with Gasteiger partial charge in [-0.05, 0) is 47.5 Å². The van der Waals surface area contributed by atoms with Crippen LogP contribution in [0.1, 0.15) is 36.8 Å². The van der Waals surface area contributed by atoms with E-state index in [-0.39, 0.29) is 17.6 Å². The standard InChI is InChI=1S/C17H18Cl2N2O/c1-9(13-7-11(18)3-5-15(13)20)17(22)10(2)14-8-12(19)4-6-16(14)21/h3-10H,20-21H2,1-2H3.